The highest BCUT2D eigenvalue weighted by Gasteiger charge is 2.40. The minimum atomic E-state index is 0.156. The van der Waals surface area contributed by atoms with Crippen molar-refractivity contribution < 1.29 is 0 Å². The molecule has 34 heavy (non-hydrogen) atoms. The molecule has 3 N–H and O–H groups in total. The number of piperidine rings is 1. The fraction of sp³-hybridized carbons (Fsp3) is 0.556. The van der Waals surface area contributed by atoms with Crippen molar-refractivity contribution in [2.24, 2.45) is 5.73 Å². The molecule has 3 aromatic rings. The standard InChI is InChI=1S/C27H33N7/c28-18-5-4-12-34(16-18)26-23-21(17-6-7-17)14-29-15-22(23)31-25(32-26)19-8-11-30-24-20(19)13-27(33-24)9-2-1-3-10-27/h8,11,14-15,17-18H,1-7,9-10,12-13,16,28H2,(H,30,33). The number of rotatable bonds is 3. The summed E-state index contributed by atoms with van der Waals surface area (Å²) in [7, 11) is 0. The molecule has 0 aromatic carbocycles. The fourth-order valence-corrected chi connectivity index (χ4v) is 6.50. The number of hydrogen-bond donors (Lipinski definition) is 2. The Kier molecular flexibility index (Phi) is 4.76. The van der Waals surface area contributed by atoms with Gasteiger partial charge in [0.15, 0.2) is 5.82 Å². The Labute approximate surface area is 200 Å². The number of fused-ring (bicyclic) bond motifs is 2. The zero-order valence-electron chi connectivity index (χ0n) is 19.8. The molecule has 2 saturated carbocycles. The monoisotopic (exact) mass is 455 g/mol. The first-order valence-electron chi connectivity index (χ1n) is 13.1. The number of nitrogens with two attached hydrogens (primary N) is 1. The van der Waals surface area contributed by atoms with E-state index in [2.05, 4.69) is 21.3 Å². The zero-order chi connectivity index (χ0) is 22.7. The van der Waals surface area contributed by atoms with Crippen LogP contribution in [0.4, 0.5) is 11.6 Å². The molecule has 7 heteroatoms. The average Bonchev–Trinajstić information content (AvgIpc) is 3.64. The Hall–Kier alpha value is -2.80. The maximum atomic E-state index is 6.40. The Morgan fingerprint density at radius 3 is 2.74 bits per heavy atom. The summed E-state index contributed by atoms with van der Waals surface area (Å²) in [6, 6.07) is 2.29. The van der Waals surface area contributed by atoms with E-state index in [1.54, 1.807) is 0 Å². The van der Waals surface area contributed by atoms with Crippen molar-refractivity contribution in [3.8, 4) is 11.4 Å². The summed E-state index contributed by atoms with van der Waals surface area (Å²) in [5, 5.41) is 4.99. The Balaban J connectivity index is 1.38. The highest BCUT2D eigenvalue weighted by Crippen LogP contribution is 2.46. The van der Waals surface area contributed by atoms with Crippen molar-refractivity contribution in [3.63, 3.8) is 0 Å². The van der Waals surface area contributed by atoms with Crippen LogP contribution in [0.15, 0.2) is 24.7 Å². The average molecular weight is 456 g/mol. The summed E-state index contributed by atoms with van der Waals surface area (Å²) >= 11 is 0. The van der Waals surface area contributed by atoms with E-state index in [9.17, 15) is 0 Å². The van der Waals surface area contributed by atoms with E-state index in [4.69, 9.17) is 20.7 Å². The molecule has 2 aliphatic heterocycles. The van der Waals surface area contributed by atoms with Crippen LogP contribution in [-0.2, 0) is 6.42 Å². The highest BCUT2D eigenvalue weighted by molar-refractivity contribution is 5.94. The van der Waals surface area contributed by atoms with Gasteiger partial charge in [0.25, 0.3) is 0 Å². The van der Waals surface area contributed by atoms with Crippen LogP contribution in [0.1, 0.15) is 74.8 Å². The summed E-state index contributed by atoms with van der Waals surface area (Å²) in [6.07, 6.45) is 17.9. The molecule has 0 amide bonds. The van der Waals surface area contributed by atoms with E-state index < -0.39 is 0 Å². The van der Waals surface area contributed by atoms with Crippen molar-refractivity contribution >= 4 is 22.5 Å². The van der Waals surface area contributed by atoms with E-state index in [0.717, 1.165) is 60.9 Å². The first kappa shape index (κ1) is 20.6. The molecule has 0 radical (unpaired) electrons. The van der Waals surface area contributed by atoms with E-state index in [1.807, 2.05) is 18.6 Å². The predicted molar refractivity (Wildman–Crippen MR) is 135 cm³/mol. The SMILES string of the molecule is NC1CCCN(c2nc(-c3ccnc4c3CC3(CCCCC3)N4)nc3cncc(C4CC4)c23)C1. The molecule has 1 atom stereocenters. The maximum absolute atomic E-state index is 6.40. The van der Waals surface area contributed by atoms with E-state index >= 15 is 0 Å². The van der Waals surface area contributed by atoms with Crippen LogP contribution in [0.25, 0.3) is 22.3 Å². The van der Waals surface area contributed by atoms with Crippen molar-refractivity contribution in [3.05, 3.63) is 35.8 Å². The van der Waals surface area contributed by atoms with Gasteiger partial charge in [-0.3, -0.25) is 4.98 Å². The number of nitrogens with zero attached hydrogens (tertiary/aromatic N) is 5. The molecule has 1 saturated heterocycles. The van der Waals surface area contributed by atoms with Crippen LogP contribution >= 0.6 is 0 Å². The third kappa shape index (κ3) is 3.44. The number of anilines is 2. The predicted octanol–water partition coefficient (Wildman–Crippen LogP) is 4.56. The summed E-state index contributed by atoms with van der Waals surface area (Å²) in [4.78, 5) is 22.1. The van der Waals surface area contributed by atoms with Gasteiger partial charge in [-0.15, -0.1) is 0 Å². The topological polar surface area (TPSA) is 92.8 Å². The van der Waals surface area contributed by atoms with Gasteiger partial charge in [0.1, 0.15) is 11.6 Å². The Morgan fingerprint density at radius 1 is 1.03 bits per heavy atom. The van der Waals surface area contributed by atoms with Crippen molar-refractivity contribution in [2.45, 2.75) is 81.7 Å². The molecule has 7 rings (SSSR count). The summed E-state index contributed by atoms with van der Waals surface area (Å²) in [5.41, 5.74) is 11.2. The van der Waals surface area contributed by atoms with Gasteiger partial charge in [-0.2, -0.15) is 0 Å². The van der Waals surface area contributed by atoms with E-state index in [-0.39, 0.29) is 11.6 Å². The van der Waals surface area contributed by atoms with Gasteiger partial charge in [0.2, 0.25) is 0 Å². The number of pyridine rings is 2. The fourth-order valence-electron chi connectivity index (χ4n) is 6.50. The second kappa shape index (κ2) is 7.87. The van der Waals surface area contributed by atoms with Crippen LogP contribution in [0.2, 0.25) is 0 Å². The van der Waals surface area contributed by atoms with Crippen LogP contribution < -0.4 is 16.0 Å². The molecular weight excluding hydrogens is 422 g/mol. The van der Waals surface area contributed by atoms with Gasteiger partial charge in [0, 0.05) is 53.6 Å². The third-order valence-electron chi connectivity index (χ3n) is 8.40. The minimum absolute atomic E-state index is 0.156. The van der Waals surface area contributed by atoms with Crippen LogP contribution in [0, 0.1) is 0 Å². The first-order chi connectivity index (χ1) is 16.7. The van der Waals surface area contributed by atoms with Gasteiger partial charge >= 0.3 is 0 Å². The van der Waals surface area contributed by atoms with Gasteiger partial charge in [-0.25, -0.2) is 15.0 Å². The van der Waals surface area contributed by atoms with Crippen LogP contribution in [-0.4, -0.2) is 44.6 Å². The third-order valence-corrected chi connectivity index (χ3v) is 8.40. The lowest BCUT2D eigenvalue weighted by Crippen LogP contribution is -2.43. The molecule has 0 bridgehead atoms. The smallest absolute Gasteiger partial charge is 0.162 e. The van der Waals surface area contributed by atoms with Crippen LogP contribution in [0.3, 0.4) is 0 Å². The van der Waals surface area contributed by atoms with Crippen molar-refractivity contribution in [1.29, 1.82) is 0 Å². The zero-order valence-corrected chi connectivity index (χ0v) is 19.8. The second-order valence-corrected chi connectivity index (χ2v) is 10.9. The normalized spacial score (nSPS) is 23.8. The number of aromatic nitrogens is 4. The molecular formula is C27H33N7. The molecule has 176 valence electrons. The van der Waals surface area contributed by atoms with Crippen molar-refractivity contribution in [1.82, 2.24) is 19.9 Å². The molecule has 3 fully saturated rings. The largest absolute Gasteiger partial charge is 0.364 e. The van der Waals surface area contributed by atoms with Gasteiger partial charge in [-0.1, -0.05) is 19.3 Å². The van der Waals surface area contributed by atoms with Gasteiger partial charge in [0.05, 0.1) is 11.7 Å². The molecule has 1 spiro atoms. The summed E-state index contributed by atoms with van der Waals surface area (Å²) < 4.78 is 0. The summed E-state index contributed by atoms with van der Waals surface area (Å²) in [5.74, 6) is 3.45. The lowest BCUT2D eigenvalue weighted by molar-refractivity contribution is 0.332. The lowest BCUT2D eigenvalue weighted by Gasteiger charge is -2.33. The van der Waals surface area contributed by atoms with Gasteiger partial charge < -0.3 is 16.0 Å². The Bertz CT molecular complexity index is 1250. The number of hydrogen-bond acceptors (Lipinski definition) is 7. The number of nitrogens with one attached hydrogen (secondary N) is 1. The Morgan fingerprint density at radius 2 is 1.91 bits per heavy atom. The van der Waals surface area contributed by atoms with E-state index in [1.165, 1.54) is 61.5 Å². The van der Waals surface area contributed by atoms with Crippen molar-refractivity contribution in [2.75, 3.05) is 23.3 Å². The van der Waals surface area contributed by atoms with Gasteiger partial charge in [-0.05, 0) is 62.5 Å². The van der Waals surface area contributed by atoms with E-state index in [0.29, 0.717) is 5.92 Å². The second-order valence-electron chi connectivity index (χ2n) is 10.9. The molecule has 2 aliphatic carbocycles. The highest BCUT2D eigenvalue weighted by atomic mass is 15.2. The molecule has 3 aromatic heterocycles. The lowest BCUT2D eigenvalue weighted by atomic mass is 9.79. The van der Waals surface area contributed by atoms with Crippen LogP contribution in [0.5, 0.6) is 0 Å². The summed E-state index contributed by atoms with van der Waals surface area (Å²) in [6.45, 7) is 1.84. The maximum Gasteiger partial charge on any atom is 0.162 e. The molecule has 7 nitrogen and oxygen atoms in total. The molecule has 4 aliphatic rings. The minimum Gasteiger partial charge on any atom is -0.364 e. The first-order valence-corrected chi connectivity index (χ1v) is 13.1. The molecule has 1 unspecified atom stereocenters. The molecule has 5 heterocycles. The quantitative estimate of drug-likeness (QED) is 0.598.